The predicted molar refractivity (Wildman–Crippen MR) is 118 cm³/mol. The first-order chi connectivity index (χ1) is 13.9. The molecule has 1 aromatic rings. The van der Waals surface area contributed by atoms with Crippen molar-refractivity contribution in [2.75, 3.05) is 6.61 Å². The van der Waals surface area contributed by atoms with E-state index in [4.69, 9.17) is 21.9 Å². The Kier molecular flexibility index (Phi) is 7.68. The number of benzene rings is 1. The molecular weight excluding hydrogens is 378 g/mol. The molecule has 2 unspecified atom stereocenters. The lowest BCUT2D eigenvalue weighted by atomic mass is 9.76. The van der Waals surface area contributed by atoms with Crippen LogP contribution in [0, 0.1) is 12.5 Å². The van der Waals surface area contributed by atoms with Gasteiger partial charge < -0.3 is 4.74 Å². The first-order valence-electron chi connectivity index (χ1n) is 10.7. The first kappa shape index (κ1) is 24.3. The maximum Gasteiger partial charge on any atom is 0.306 e. The molecule has 2 atom stereocenters. The number of esters is 1. The summed E-state index contributed by atoms with van der Waals surface area (Å²) in [5, 5.41) is 2.10. The van der Waals surface area contributed by atoms with Crippen LogP contribution in [0.2, 0.25) is 0 Å². The lowest BCUT2D eigenvalue weighted by Crippen LogP contribution is -2.60. The summed E-state index contributed by atoms with van der Waals surface area (Å²) in [4.78, 5) is 22.2. The van der Waals surface area contributed by atoms with Crippen molar-refractivity contribution >= 4 is 5.97 Å². The van der Waals surface area contributed by atoms with Crippen molar-refractivity contribution < 1.29 is 14.4 Å². The van der Waals surface area contributed by atoms with E-state index in [9.17, 15) is 4.79 Å². The van der Waals surface area contributed by atoms with Crippen molar-refractivity contribution in [2.24, 2.45) is 11.7 Å². The van der Waals surface area contributed by atoms with Gasteiger partial charge in [-0.2, -0.15) is 5.06 Å². The van der Waals surface area contributed by atoms with Gasteiger partial charge >= 0.3 is 5.97 Å². The summed E-state index contributed by atoms with van der Waals surface area (Å²) in [6.45, 7) is 19.9. The summed E-state index contributed by atoms with van der Waals surface area (Å²) in [7, 11) is 0. The normalized spacial score (nSPS) is 21.9. The second-order valence-corrected chi connectivity index (χ2v) is 10.1. The molecule has 1 saturated heterocycles. The summed E-state index contributed by atoms with van der Waals surface area (Å²) in [5.41, 5.74) is 5.44. The molecule has 0 spiro atoms. The average Bonchev–Trinajstić information content (AvgIpc) is 2.65. The van der Waals surface area contributed by atoms with E-state index in [1.807, 2.05) is 30.3 Å². The van der Waals surface area contributed by atoms with Gasteiger partial charge in [0.2, 0.25) is 0 Å². The summed E-state index contributed by atoms with van der Waals surface area (Å²) in [5.74, 6) is 0.238. The minimum absolute atomic E-state index is 0.106. The van der Waals surface area contributed by atoms with Gasteiger partial charge in [0.15, 0.2) is 0 Å². The first-order valence-corrected chi connectivity index (χ1v) is 10.7. The predicted octanol–water partition coefficient (Wildman–Crippen LogP) is 4.87. The van der Waals surface area contributed by atoms with Crippen LogP contribution in [-0.4, -0.2) is 34.4 Å². The number of hydroxylamine groups is 2. The van der Waals surface area contributed by atoms with Crippen LogP contribution in [0.3, 0.4) is 0 Å². The van der Waals surface area contributed by atoms with Gasteiger partial charge in [0.25, 0.3) is 5.66 Å². The standard InChI is InChI=1S/C24H37N3O3/c1-18-15-22(2,3)27(23(4,5)16-18)30-20(19-11-9-8-10-12-19)17-29-21(28)13-14-24(6,25)26-7/h8-12,18,20H,13-17,25H2,1-6H3. The van der Waals surface area contributed by atoms with Crippen molar-refractivity contribution in [1.82, 2.24) is 5.06 Å². The Morgan fingerprint density at radius 2 is 1.83 bits per heavy atom. The molecule has 0 amide bonds. The highest BCUT2D eigenvalue weighted by Gasteiger charge is 2.46. The average molecular weight is 416 g/mol. The number of nitrogens with zero attached hydrogens (tertiary/aromatic N) is 2. The Morgan fingerprint density at radius 3 is 2.37 bits per heavy atom. The zero-order valence-electron chi connectivity index (χ0n) is 19.3. The number of nitrogens with two attached hydrogens (primary N) is 1. The molecule has 0 radical (unpaired) electrons. The smallest absolute Gasteiger partial charge is 0.306 e. The number of rotatable bonds is 8. The maximum atomic E-state index is 12.3. The molecule has 0 aliphatic carbocycles. The molecule has 1 aromatic carbocycles. The van der Waals surface area contributed by atoms with Gasteiger partial charge in [0.1, 0.15) is 12.7 Å². The van der Waals surface area contributed by atoms with E-state index in [-0.39, 0.29) is 36.5 Å². The van der Waals surface area contributed by atoms with Crippen LogP contribution in [0.1, 0.15) is 78.9 Å². The molecule has 30 heavy (non-hydrogen) atoms. The van der Waals surface area contributed by atoms with Crippen LogP contribution < -0.4 is 5.73 Å². The zero-order valence-corrected chi connectivity index (χ0v) is 19.3. The van der Waals surface area contributed by atoms with Gasteiger partial charge in [-0.25, -0.2) is 6.57 Å². The van der Waals surface area contributed by atoms with Gasteiger partial charge in [0.05, 0.1) is 12.8 Å². The molecule has 6 heteroatoms. The number of ether oxygens (including phenoxy) is 1. The maximum absolute atomic E-state index is 12.3. The third kappa shape index (κ3) is 6.53. The molecule has 0 saturated carbocycles. The van der Waals surface area contributed by atoms with Crippen LogP contribution in [0.4, 0.5) is 0 Å². The fourth-order valence-electron chi connectivity index (χ4n) is 4.68. The Labute approximate surface area is 181 Å². The molecule has 2 rings (SSSR count). The van der Waals surface area contributed by atoms with Crippen LogP contribution in [0.15, 0.2) is 30.3 Å². The van der Waals surface area contributed by atoms with E-state index in [1.54, 1.807) is 6.92 Å². The molecule has 1 heterocycles. The topological polar surface area (TPSA) is 69.2 Å². The molecule has 1 aliphatic rings. The number of carbonyl (C=O) groups excluding carboxylic acids is 1. The molecule has 0 bridgehead atoms. The molecule has 166 valence electrons. The summed E-state index contributed by atoms with van der Waals surface area (Å²) in [6.07, 6.45) is 2.02. The summed E-state index contributed by atoms with van der Waals surface area (Å²) in [6, 6.07) is 9.84. The second-order valence-electron chi connectivity index (χ2n) is 10.1. The second kappa shape index (κ2) is 9.47. The van der Waals surface area contributed by atoms with Crippen LogP contribution in [-0.2, 0) is 14.4 Å². The minimum Gasteiger partial charge on any atom is -0.462 e. The molecule has 1 aliphatic heterocycles. The van der Waals surface area contributed by atoms with Gasteiger partial charge in [-0.1, -0.05) is 37.3 Å². The third-order valence-corrected chi connectivity index (χ3v) is 5.69. The molecule has 2 N–H and O–H groups in total. The van der Waals surface area contributed by atoms with E-state index < -0.39 is 11.8 Å². The van der Waals surface area contributed by atoms with E-state index in [0.717, 1.165) is 18.4 Å². The van der Waals surface area contributed by atoms with E-state index >= 15 is 0 Å². The quantitative estimate of drug-likeness (QED) is 0.485. The van der Waals surface area contributed by atoms with Crippen molar-refractivity contribution in [2.45, 2.75) is 90.1 Å². The Hall–Kier alpha value is -1.94. The van der Waals surface area contributed by atoms with Crippen LogP contribution in [0.25, 0.3) is 4.85 Å². The summed E-state index contributed by atoms with van der Waals surface area (Å²) < 4.78 is 5.55. The lowest BCUT2D eigenvalue weighted by Gasteiger charge is -2.54. The highest BCUT2D eigenvalue weighted by molar-refractivity contribution is 5.69. The lowest BCUT2D eigenvalue weighted by molar-refractivity contribution is -0.316. The van der Waals surface area contributed by atoms with E-state index in [1.165, 1.54) is 0 Å². The Balaban J connectivity index is 2.13. The zero-order chi connectivity index (χ0) is 22.6. The van der Waals surface area contributed by atoms with Crippen molar-refractivity contribution in [3.63, 3.8) is 0 Å². The molecule has 0 aromatic heterocycles. The van der Waals surface area contributed by atoms with E-state index in [2.05, 4.69) is 44.5 Å². The Morgan fingerprint density at radius 1 is 1.27 bits per heavy atom. The highest BCUT2D eigenvalue weighted by Crippen LogP contribution is 2.43. The molecular formula is C24H37N3O3. The monoisotopic (exact) mass is 415 g/mol. The summed E-state index contributed by atoms with van der Waals surface area (Å²) >= 11 is 0. The number of piperidine rings is 1. The van der Waals surface area contributed by atoms with E-state index in [0.29, 0.717) is 5.92 Å². The van der Waals surface area contributed by atoms with Crippen molar-refractivity contribution in [3.8, 4) is 0 Å². The number of hydrogen-bond donors (Lipinski definition) is 1. The minimum atomic E-state index is -1.05. The molecule has 6 nitrogen and oxygen atoms in total. The van der Waals surface area contributed by atoms with Crippen molar-refractivity contribution in [3.05, 3.63) is 47.3 Å². The number of carbonyl (C=O) groups is 1. The van der Waals surface area contributed by atoms with Crippen LogP contribution >= 0.6 is 0 Å². The van der Waals surface area contributed by atoms with Gasteiger partial charge in [-0.15, -0.1) is 0 Å². The third-order valence-electron chi connectivity index (χ3n) is 5.69. The van der Waals surface area contributed by atoms with Gasteiger partial charge in [0, 0.05) is 18.0 Å². The van der Waals surface area contributed by atoms with Gasteiger partial charge in [-0.3, -0.25) is 20.2 Å². The fourth-order valence-corrected chi connectivity index (χ4v) is 4.68. The van der Waals surface area contributed by atoms with Gasteiger partial charge in [-0.05, 0) is 52.0 Å². The fraction of sp³-hybridized carbons (Fsp3) is 0.667. The molecule has 1 fully saturated rings. The number of hydrogen-bond acceptors (Lipinski definition) is 5. The van der Waals surface area contributed by atoms with Crippen molar-refractivity contribution in [1.29, 1.82) is 0 Å². The highest BCUT2D eigenvalue weighted by atomic mass is 16.7. The Bertz CT molecular complexity index is 735. The van der Waals surface area contributed by atoms with Crippen LogP contribution in [0.5, 0.6) is 0 Å². The SMILES string of the molecule is [C-]#[N+]C(C)(N)CCC(=O)OCC(ON1C(C)(C)CC(C)CC1(C)C)c1ccccc1. The largest absolute Gasteiger partial charge is 0.462 e.